The number of carbonyl (C=O) groups excluding carboxylic acids is 1. The van der Waals surface area contributed by atoms with E-state index in [0.717, 1.165) is 21.3 Å². The van der Waals surface area contributed by atoms with Crippen molar-refractivity contribution in [3.05, 3.63) is 82.3 Å². The Bertz CT molecular complexity index is 1100. The second kappa shape index (κ2) is 7.18. The van der Waals surface area contributed by atoms with Crippen LogP contribution in [-0.2, 0) is 6.54 Å². The number of fused-ring (bicyclic) bond motifs is 1. The van der Waals surface area contributed by atoms with Crippen LogP contribution >= 0.6 is 22.9 Å². The third-order valence-electron chi connectivity index (χ3n) is 4.27. The van der Waals surface area contributed by atoms with Crippen molar-refractivity contribution in [1.82, 2.24) is 4.98 Å². The number of rotatable bonds is 4. The van der Waals surface area contributed by atoms with Crippen molar-refractivity contribution in [3.63, 3.8) is 0 Å². The van der Waals surface area contributed by atoms with Gasteiger partial charge in [-0.05, 0) is 67.4 Å². The molecule has 0 radical (unpaired) electrons. The summed E-state index contributed by atoms with van der Waals surface area (Å²) in [5.41, 5.74) is 3.77. The number of benzene rings is 2. The van der Waals surface area contributed by atoms with Gasteiger partial charge in [0.1, 0.15) is 5.76 Å². The standard InChI is InChI=1S/C21H17ClN2O2S/c1-13-10-14(2)19-18(11-13)23-21(27-19)24(12-17-4-3-9-26-17)20(25)15-5-7-16(22)8-6-15/h3-11H,12H2,1-2H3. The fourth-order valence-electron chi connectivity index (χ4n) is 3.01. The van der Waals surface area contributed by atoms with Crippen LogP contribution in [0.2, 0.25) is 5.02 Å². The third-order valence-corrected chi connectivity index (χ3v) is 5.75. The molecule has 0 spiro atoms. The number of nitrogens with zero attached hydrogens (tertiary/aromatic N) is 2. The summed E-state index contributed by atoms with van der Waals surface area (Å²) in [4.78, 5) is 19.6. The van der Waals surface area contributed by atoms with E-state index in [9.17, 15) is 4.79 Å². The van der Waals surface area contributed by atoms with Gasteiger partial charge in [-0.15, -0.1) is 0 Å². The van der Waals surface area contributed by atoms with Crippen molar-refractivity contribution >= 4 is 44.2 Å². The number of anilines is 1. The number of amides is 1. The Morgan fingerprint density at radius 1 is 1.19 bits per heavy atom. The van der Waals surface area contributed by atoms with E-state index in [1.165, 1.54) is 11.3 Å². The van der Waals surface area contributed by atoms with Crippen molar-refractivity contribution in [2.24, 2.45) is 0 Å². The highest BCUT2D eigenvalue weighted by atomic mass is 35.5. The number of hydrogen-bond donors (Lipinski definition) is 0. The lowest BCUT2D eigenvalue weighted by molar-refractivity contribution is 0.0983. The molecule has 0 saturated carbocycles. The van der Waals surface area contributed by atoms with E-state index < -0.39 is 0 Å². The summed E-state index contributed by atoms with van der Waals surface area (Å²) in [6.07, 6.45) is 1.60. The van der Waals surface area contributed by atoms with Gasteiger partial charge in [-0.3, -0.25) is 9.69 Å². The van der Waals surface area contributed by atoms with Crippen LogP contribution in [0.15, 0.2) is 59.2 Å². The molecule has 4 aromatic rings. The van der Waals surface area contributed by atoms with Crippen molar-refractivity contribution in [3.8, 4) is 0 Å². The zero-order valence-electron chi connectivity index (χ0n) is 14.9. The molecule has 2 aromatic heterocycles. The van der Waals surface area contributed by atoms with E-state index in [2.05, 4.69) is 13.0 Å². The molecule has 0 fully saturated rings. The Hall–Kier alpha value is -2.63. The molecule has 2 aromatic carbocycles. The SMILES string of the molecule is Cc1cc(C)c2sc(N(Cc3ccco3)C(=O)c3ccc(Cl)cc3)nc2c1. The highest BCUT2D eigenvalue weighted by Gasteiger charge is 2.23. The van der Waals surface area contributed by atoms with Crippen LogP contribution in [0.4, 0.5) is 5.13 Å². The van der Waals surface area contributed by atoms with Crippen molar-refractivity contribution in [2.45, 2.75) is 20.4 Å². The van der Waals surface area contributed by atoms with Gasteiger partial charge in [-0.2, -0.15) is 0 Å². The molecule has 0 bridgehead atoms. The van der Waals surface area contributed by atoms with Gasteiger partial charge < -0.3 is 4.42 Å². The first-order chi connectivity index (χ1) is 13.0. The summed E-state index contributed by atoms with van der Waals surface area (Å²) >= 11 is 7.48. The van der Waals surface area contributed by atoms with Crippen LogP contribution in [0, 0.1) is 13.8 Å². The number of furan rings is 1. The maximum Gasteiger partial charge on any atom is 0.260 e. The normalized spacial score (nSPS) is 11.1. The molecule has 0 aliphatic carbocycles. The van der Waals surface area contributed by atoms with Crippen LogP contribution in [0.25, 0.3) is 10.2 Å². The van der Waals surface area contributed by atoms with Crippen LogP contribution in [0.5, 0.6) is 0 Å². The third kappa shape index (κ3) is 3.61. The minimum absolute atomic E-state index is 0.142. The summed E-state index contributed by atoms with van der Waals surface area (Å²) < 4.78 is 6.56. The second-order valence-corrected chi connectivity index (χ2v) is 7.82. The molecule has 0 saturated heterocycles. The molecule has 0 N–H and O–H groups in total. The Balaban J connectivity index is 1.79. The monoisotopic (exact) mass is 396 g/mol. The second-order valence-electron chi connectivity index (χ2n) is 6.40. The first-order valence-electron chi connectivity index (χ1n) is 8.49. The lowest BCUT2D eigenvalue weighted by atomic mass is 10.1. The highest BCUT2D eigenvalue weighted by Crippen LogP contribution is 2.33. The van der Waals surface area contributed by atoms with E-state index >= 15 is 0 Å². The largest absolute Gasteiger partial charge is 0.467 e. The molecule has 136 valence electrons. The Labute approximate surface area is 166 Å². The van der Waals surface area contributed by atoms with Crippen molar-refractivity contribution in [1.29, 1.82) is 0 Å². The van der Waals surface area contributed by atoms with E-state index in [4.69, 9.17) is 21.0 Å². The van der Waals surface area contributed by atoms with E-state index in [1.807, 2.05) is 25.1 Å². The lowest BCUT2D eigenvalue weighted by Gasteiger charge is -2.18. The molecule has 4 nitrogen and oxygen atoms in total. The van der Waals surface area contributed by atoms with Crippen LogP contribution < -0.4 is 4.90 Å². The van der Waals surface area contributed by atoms with Crippen LogP contribution in [-0.4, -0.2) is 10.9 Å². The Morgan fingerprint density at radius 3 is 2.67 bits per heavy atom. The highest BCUT2D eigenvalue weighted by molar-refractivity contribution is 7.22. The Kier molecular flexibility index (Phi) is 4.72. The number of carbonyl (C=O) groups is 1. The van der Waals surface area contributed by atoms with E-state index in [-0.39, 0.29) is 5.91 Å². The summed E-state index contributed by atoms with van der Waals surface area (Å²) in [5, 5.41) is 1.24. The number of aromatic nitrogens is 1. The number of thiazole rings is 1. The van der Waals surface area contributed by atoms with Gasteiger partial charge in [0.25, 0.3) is 5.91 Å². The van der Waals surface area contributed by atoms with Gasteiger partial charge >= 0.3 is 0 Å². The molecule has 0 aliphatic rings. The summed E-state index contributed by atoms with van der Waals surface area (Å²) in [5.74, 6) is 0.556. The molecule has 0 atom stereocenters. The minimum Gasteiger partial charge on any atom is -0.467 e. The summed E-state index contributed by atoms with van der Waals surface area (Å²) in [6, 6.07) is 14.7. The number of hydrogen-bond acceptors (Lipinski definition) is 4. The maximum absolute atomic E-state index is 13.2. The molecule has 0 aliphatic heterocycles. The molecular weight excluding hydrogens is 380 g/mol. The van der Waals surface area contributed by atoms with Gasteiger partial charge in [-0.25, -0.2) is 4.98 Å². The van der Waals surface area contributed by atoms with E-state index in [0.29, 0.717) is 28.0 Å². The number of halogens is 1. The first-order valence-corrected chi connectivity index (χ1v) is 9.68. The zero-order chi connectivity index (χ0) is 19.0. The van der Waals surface area contributed by atoms with Crippen molar-refractivity contribution < 1.29 is 9.21 Å². The van der Waals surface area contributed by atoms with Gasteiger partial charge in [0.15, 0.2) is 5.13 Å². The quantitative estimate of drug-likeness (QED) is 0.424. The number of aryl methyl sites for hydroxylation is 2. The predicted octanol–water partition coefficient (Wildman–Crippen LogP) is 6.01. The molecule has 27 heavy (non-hydrogen) atoms. The van der Waals surface area contributed by atoms with Crippen LogP contribution in [0.1, 0.15) is 27.2 Å². The smallest absolute Gasteiger partial charge is 0.260 e. The zero-order valence-corrected chi connectivity index (χ0v) is 16.5. The van der Waals surface area contributed by atoms with Gasteiger partial charge in [0.05, 0.1) is 23.0 Å². The fraction of sp³-hybridized carbons (Fsp3) is 0.143. The topological polar surface area (TPSA) is 46.3 Å². The van der Waals surface area contributed by atoms with Gasteiger partial charge in [-0.1, -0.05) is 29.0 Å². The van der Waals surface area contributed by atoms with Gasteiger partial charge in [0.2, 0.25) is 0 Å². The first kappa shape index (κ1) is 17.8. The fourth-order valence-corrected chi connectivity index (χ4v) is 4.15. The van der Waals surface area contributed by atoms with Crippen molar-refractivity contribution in [2.75, 3.05) is 4.90 Å². The predicted molar refractivity (Wildman–Crippen MR) is 110 cm³/mol. The van der Waals surface area contributed by atoms with Crippen LogP contribution in [0.3, 0.4) is 0 Å². The molecule has 1 amide bonds. The molecule has 2 heterocycles. The maximum atomic E-state index is 13.2. The molecule has 4 rings (SSSR count). The molecular formula is C21H17ClN2O2S. The Morgan fingerprint density at radius 2 is 1.96 bits per heavy atom. The van der Waals surface area contributed by atoms with Gasteiger partial charge in [0, 0.05) is 10.6 Å². The minimum atomic E-state index is -0.142. The van der Waals surface area contributed by atoms with E-state index in [1.54, 1.807) is 35.4 Å². The lowest BCUT2D eigenvalue weighted by Crippen LogP contribution is -2.30. The molecule has 6 heteroatoms. The summed E-state index contributed by atoms with van der Waals surface area (Å²) in [6.45, 7) is 4.42. The average Bonchev–Trinajstić information content (AvgIpc) is 3.29. The summed E-state index contributed by atoms with van der Waals surface area (Å²) in [7, 11) is 0. The molecule has 0 unspecified atom stereocenters. The average molecular weight is 397 g/mol.